The Morgan fingerprint density at radius 2 is 1.57 bits per heavy atom. The maximum Gasteiger partial charge on any atom is 0.500 e. The number of pyridine rings is 1. The fourth-order valence-electron chi connectivity index (χ4n) is 1.89. The summed E-state index contributed by atoms with van der Waals surface area (Å²) in [6.07, 6.45) is 1.51. The summed E-state index contributed by atoms with van der Waals surface area (Å²) < 4.78 is 17.4. The fraction of sp³-hybridized carbons (Fsp3) is 0.615. The Morgan fingerprint density at radius 1 is 1.04 bits per heavy atom. The van der Waals surface area contributed by atoms with Gasteiger partial charge in [-0.2, -0.15) is 0 Å². The lowest BCUT2D eigenvalue weighted by Crippen LogP contribution is -2.52. The molecule has 1 aliphatic rings. The summed E-state index contributed by atoms with van der Waals surface area (Å²) in [5.74, 6) is 0.0849. The molecule has 108 valence electrons. The van der Waals surface area contributed by atoms with E-state index in [1.165, 1.54) is 6.20 Å². The van der Waals surface area contributed by atoms with Crippen LogP contribution >= 0.6 is 0 Å². The van der Waals surface area contributed by atoms with Crippen LogP contribution in [0.25, 0.3) is 0 Å². The van der Waals surface area contributed by atoms with E-state index in [4.69, 9.17) is 53.3 Å². The zero-order valence-electron chi connectivity index (χ0n) is 13.9. The molecule has 0 spiro atoms. The molecule has 0 aliphatic carbocycles. The molecule has 0 unspecified atom stereocenters. The van der Waals surface area contributed by atoms with Gasteiger partial charge in [0.15, 0.2) is 0 Å². The minimum absolute atomic E-state index is 0.0849. The highest BCUT2D eigenvalue weighted by Crippen LogP contribution is 2.37. The zero-order valence-corrected chi connectivity index (χ0v) is 13.9. The van der Waals surface area contributed by atoms with Gasteiger partial charge in [-0.1, -0.05) is 6.07 Å². The van der Waals surface area contributed by atoms with Crippen molar-refractivity contribution in [2.45, 2.75) is 49.4 Å². The lowest BCUT2D eigenvalue weighted by Gasteiger charge is -2.42. The summed E-state index contributed by atoms with van der Waals surface area (Å²) in [7, 11) is 27.4. The van der Waals surface area contributed by atoms with E-state index in [9.17, 15) is 0 Å². The zero-order chi connectivity index (χ0) is 17.7. The van der Waals surface area contributed by atoms with Gasteiger partial charge in [0.1, 0.15) is 15.7 Å². The SMILES string of the molecule is [B]C([B])([B])C([B])([B])Oc1ncccc1B1OC(C)(C)C(C)(C)O1. The van der Waals surface area contributed by atoms with Gasteiger partial charge in [0, 0.05) is 17.1 Å². The molecular formula is C13H15B6NO3. The Balaban J connectivity index is 2.33. The third-order valence-electron chi connectivity index (χ3n) is 4.25. The summed E-state index contributed by atoms with van der Waals surface area (Å²) in [5.41, 5.74) is -0.532. The van der Waals surface area contributed by atoms with Gasteiger partial charge in [0.2, 0.25) is 5.88 Å². The first kappa shape index (κ1) is 18.6. The van der Waals surface area contributed by atoms with Crippen LogP contribution in [0.4, 0.5) is 0 Å². The molecule has 23 heavy (non-hydrogen) atoms. The number of nitrogens with zero attached hydrogens (tertiary/aromatic N) is 1. The van der Waals surface area contributed by atoms with Crippen molar-refractivity contribution in [1.29, 1.82) is 0 Å². The average Bonchev–Trinajstić information content (AvgIpc) is 2.57. The summed E-state index contributed by atoms with van der Waals surface area (Å²) in [6, 6.07) is 3.44. The van der Waals surface area contributed by atoms with Crippen LogP contribution in [-0.2, 0) is 9.31 Å². The van der Waals surface area contributed by atoms with Gasteiger partial charge in [0.25, 0.3) is 0 Å². The largest absolute Gasteiger partial charge is 0.500 e. The Kier molecular flexibility index (Phi) is 4.58. The van der Waals surface area contributed by atoms with E-state index in [-0.39, 0.29) is 5.88 Å². The molecule has 0 N–H and O–H groups in total. The highest BCUT2D eigenvalue weighted by molar-refractivity contribution is 6.67. The second kappa shape index (κ2) is 5.66. The van der Waals surface area contributed by atoms with Gasteiger partial charge in [-0.15, -0.1) is 5.11 Å². The lowest BCUT2D eigenvalue weighted by atomic mass is 9.28. The van der Waals surface area contributed by atoms with Gasteiger partial charge in [-0.3, -0.25) is 0 Å². The molecule has 0 saturated carbocycles. The molecule has 2 rings (SSSR count). The predicted octanol–water partition coefficient (Wildman–Crippen LogP) is -0.670. The third kappa shape index (κ3) is 3.53. The normalized spacial score (nSPS) is 20.4. The van der Waals surface area contributed by atoms with E-state index >= 15 is 0 Å². The second-order valence-electron chi connectivity index (χ2n) is 6.81. The molecule has 10 radical (unpaired) electrons. The Morgan fingerprint density at radius 3 is 2.04 bits per heavy atom. The number of aromatic nitrogens is 1. The highest BCUT2D eigenvalue weighted by atomic mass is 16.7. The summed E-state index contributed by atoms with van der Waals surface area (Å²) in [6.45, 7) is 7.74. The molecule has 1 aromatic rings. The lowest BCUT2D eigenvalue weighted by molar-refractivity contribution is 0.00578. The first-order valence-corrected chi connectivity index (χ1v) is 7.21. The topological polar surface area (TPSA) is 40.6 Å². The van der Waals surface area contributed by atoms with Gasteiger partial charge >= 0.3 is 7.12 Å². The van der Waals surface area contributed by atoms with E-state index in [1.807, 2.05) is 27.7 Å². The van der Waals surface area contributed by atoms with Crippen LogP contribution in [0.3, 0.4) is 0 Å². The molecule has 0 bridgehead atoms. The van der Waals surface area contributed by atoms with E-state index in [0.29, 0.717) is 5.46 Å². The Labute approximate surface area is 145 Å². The van der Waals surface area contributed by atoms with Crippen molar-refractivity contribution in [3.05, 3.63) is 18.3 Å². The van der Waals surface area contributed by atoms with Crippen molar-refractivity contribution in [3.8, 4) is 5.88 Å². The third-order valence-corrected chi connectivity index (χ3v) is 4.25. The van der Waals surface area contributed by atoms with E-state index in [0.717, 1.165) is 0 Å². The smallest absolute Gasteiger partial charge is 0.493 e. The molecule has 0 atom stereocenters. The van der Waals surface area contributed by atoms with Gasteiger partial charge in [0.05, 0.1) is 34.7 Å². The van der Waals surface area contributed by atoms with Crippen molar-refractivity contribution >= 4 is 51.8 Å². The molecule has 1 saturated heterocycles. The van der Waals surface area contributed by atoms with Crippen LogP contribution in [-0.4, -0.2) is 67.9 Å². The highest BCUT2D eigenvalue weighted by Gasteiger charge is 2.53. The van der Waals surface area contributed by atoms with Crippen LogP contribution in [0, 0.1) is 0 Å². The molecule has 1 fully saturated rings. The Hall–Kier alpha value is -0.740. The van der Waals surface area contributed by atoms with Gasteiger partial charge < -0.3 is 14.0 Å². The predicted molar refractivity (Wildman–Crippen MR) is 94.8 cm³/mol. The van der Waals surface area contributed by atoms with Crippen LogP contribution in [0.1, 0.15) is 27.7 Å². The minimum atomic E-state index is -2.04. The molecule has 2 heterocycles. The first-order valence-electron chi connectivity index (χ1n) is 7.21. The van der Waals surface area contributed by atoms with Crippen molar-refractivity contribution < 1.29 is 14.0 Å². The quantitative estimate of drug-likeness (QED) is 0.691. The number of ether oxygens (including phenoxy) is 1. The van der Waals surface area contributed by atoms with Crippen molar-refractivity contribution in [1.82, 2.24) is 4.98 Å². The first-order chi connectivity index (χ1) is 10.3. The standard InChI is InChI=1S/C13H15B6NO3/c1-10(2)11(3,4)23-19(22-10)8-6-5-7-20-9(8)21-13(17,18)12(14,15)16/h5-7H,1-4H3. The van der Waals surface area contributed by atoms with E-state index < -0.39 is 28.8 Å². The number of hydrogen-bond acceptors (Lipinski definition) is 4. The van der Waals surface area contributed by atoms with Crippen molar-refractivity contribution in [3.63, 3.8) is 0 Å². The average molecular weight is 298 g/mol. The van der Waals surface area contributed by atoms with Crippen LogP contribution in [0.2, 0.25) is 5.11 Å². The molecule has 0 amide bonds. The maximum absolute atomic E-state index is 5.97. The maximum atomic E-state index is 5.97. The molecule has 4 nitrogen and oxygen atoms in total. The van der Waals surface area contributed by atoms with Crippen molar-refractivity contribution in [2.75, 3.05) is 0 Å². The van der Waals surface area contributed by atoms with E-state index in [2.05, 4.69) is 4.98 Å². The molecular weight excluding hydrogens is 283 g/mol. The van der Waals surface area contributed by atoms with Gasteiger partial charge in [-0.25, -0.2) is 4.98 Å². The van der Waals surface area contributed by atoms with Gasteiger partial charge in [-0.05, 0) is 33.8 Å². The van der Waals surface area contributed by atoms with Crippen molar-refractivity contribution in [2.24, 2.45) is 0 Å². The number of hydrogen-bond donors (Lipinski definition) is 0. The summed E-state index contributed by atoms with van der Waals surface area (Å²) >= 11 is 0. The Bertz CT molecular complexity index is 571. The molecule has 10 heteroatoms. The minimum Gasteiger partial charge on any atom is -0.493 e. The van der Waals surface area contributed by atoms with Crippen LogP contribution in [0.15, 0.2) is 18.3 Å². The monoisotopic (exact) mass is 299 g/mol. The summed E-state index contributed by atoms with van der Waals surface area (Å²) in [4.78, 5) is 4.11. The second-order valence-corrected chi connectivity index (χ2v) is 6.81. The fourth-order valence-corrected chi connectivity index (χ4v) is 1.89. The van der Waals surface area contributed by atoms with Crippen LogP contribution in [0.5, 0.6) is 5.88 Å². The molecule has 0 aromatic carbocycles. The molecule has 1 aliphatic heterocycles. The number of rotatable bonds is 4. The summed E-state index contributed by atoms with van der Waals surface area (Å²) in [5, 5.41) is -4.02. The molecule has 1 aromatic heterocycles. The van der Waals surface area contributed by atoms with E-state index in [1.54, 1.807) is 12.1 Å². The van der Waals surface area contributed by atoms with Crippen LogP contribution < -0.4 is 10.2 Å².